The van der Waals surface area contributed by atoms with Gasteiger partial charge in [-0.05, 0) is 79.3 Å². The summed E-state index contributed by atoms with van der Waals surface area (Å²) in [6.45, 7) is 7.78. The number of aliphatic hydroxyl groups is 4. The first-order valence-corrected chi connectivity index (χ1v) is 12.9. The molecule has 3 aliphatic rings. The van der Waals surface area contributed by atoms with E-state index in [1.807, 2.05) is 12.2 Å². The monoisotopic (exact) mass is 540 g/mol. The lowest BCUT2D eigenvalue weighted by atomic mass is 9.60. The third-order valence-electron chi connectivity index (χ3n) is 9.10. The van der Waals surface area contributed by atoms with Gasteiger partial charge in [-0.25, -0.2) is 0 Å². The van der Waals surface area contributed by atoms with E-state index in [4.69, 9.17) is 0 Å². The number of fused-ring (bicyclic) bond motifs is 1. The summed E-state index contributed by atoms with van der Waals surface area (Å²) < 4.78 is 78.4. The third-order valence-corrected chi connectivity index (χ3v) is 9.10. The van der Waals surface area contributed by atoms with Crippen LogP contribution < -0.4 is 0 Å². The Morgan fingerprint density at radius 1 is 1.08 bits per heavy atom. The first kappa shape index (κ1) is 30.2. The molecular weight excluding hydrogens is 502 g/mol. The van der Waals surface area contributed by atoms with E-state index in [9.17, 15) is 46.8 Å². The zero-order valence-electron chi connectivity index (χ0n) is 21.2. The topological polar surface area (TPSA) is 80.9 Å². The fraction of sp³-hybridized carbons (Fsp3) is 0.778. The minimum absolute atomic E-state index is 0.0124. The highest BCUT2D eigenvalue weighted by Crippen LogP contribution is 2.60. The molecule has 0 aromatic heterocycles. The van der Waals surface area contributed by atoms with Crippen LogP contribution in [0.2, 0.25) is 0 Å². The minimum atomic E-state index is -5.95. The molecule has 37 heavy (non-hydrogen) atoms. The van der Waals surface area contributed by atoms with Crippen molar-refractivity contribution in [1.29, 1.82) is 0 Å². The Balaban J connectivity index is 1.73. The van der Waals surface area contributed by atoms with Crippen molar-refractivity contribution in [1.82, 2.24) is 0 Å². The standard InChI is InChI=1S/C27H38F6O4/c1-15(11-20(35)14-25(37,26(28,29)30)27(31,32)33)21-8-9-22-17(5-4-10-24(21,22)3)6-7-18-12-19(34)13-23(36)16(18)2/h6-7,15,19-23,34-37H,2,4-5,8-14H2,1,3H3/b17-6+,18-7-/t15?,19-,20+,21?,22?,23?,24?/m1/s1. The van der Waals surface area contributed by atoms with E-state index in [0.717, 1.165) is 37.7 Å². The van der Waals surface area contributed by atoms with Crippen LogP contribution in [0.15, 0.2) is 35.5 Å². The van der Waals surface area contributed by atoms with Crippen molar-refractivity contribution in [2.45, 2.75) is 108 Å². The van der Waals surface area contributed by atoms with E-state index in [-0.39, 0.29) is 36.0 Å². The molecule has 0 heterocycles. The van der Waals surface area contributed by atoms with Crippen LogP contribution in [0.25, 0.3) is 0 Å². The fourth-order valence-electron chi connectivity index (χ4n) is 7.09. The smallest absolute Gasteiger partial charge is 0.393 e. The van der Waals surface area contributed by atoms with E-state index >= 15 is 0 Å². The summed E-state index contributed by atoms with van der Waals surface area (Å²) in [6, 6.07) is 0. The summed E-state index contributed by atoms with van der Waals surface area (Å²) in [6.07, 6.45) is -8.72. The van der Waals surface area contributed by atoms with Gasteiger partial charge in [0, 0.05) is 12.8 Å². The van der Waals surface area contributed by atoms with Crippen molar-refractivity contribution in [3.63, 3.8) is 0 Å². The molecule has 0 aromatic rings. The van der Waals surface area contributed by atoms with E-state index in [0.29, 0.717) is 12.0 Å². The highest BCUT2D eigenvalue weighted by molar-refractivity contribution is 5.38. The highest BCUT2D eigenvalue weighted by Gasteiger charge is 2.70. The second-order valence-corrected chi connectivity index (χ2v) is 11.6. The van der Waals surface area contributed by atoms with Crippen molar-refractivity contribution in [3.8, 4) is 0 Å². The zero-order valence-corrected chi connectivity index (χ0v) is 21.2. The van der Waals surface area contributed by atoms with Gasteiger partial charge in [0.2, 0.25) is 0 Å². The second-order valence-electron chi connectivity index (χ2n) is 11.6. The van der Waals surface area contributed by atoms with Gasteiger partial charge in [-0.2, -0.15) is 26.3 Å². The molecule has 3 fully saturated rings. The number of halogens is 6. The van der Waals surface area contributed by atoms with Gasteiger partial charge < -0.3 is 20.4 Å². The normalized spacial score (nSPS) is 35.6. The van der Waals surface area contributed by atoms with Crippen LogP contribution in [0, 0.1) is 23.2 Å². The highest BCUT2D eigenvalue weighted by atomic mass is 19.4. The lowest BCUT2D eigenvalue weighted by Gasteiger charge is -2.45. The van der Waals surface area contributed by atoms with Crippen LogP contribution in [-0.4, -0.2) is 56.7 Å². The molecule has 0 saturated heterocycles. The predicted octanol–water partition coefficient (Wildman–Crippen LogP) is 5.76. The van der Waals surface area contributed by atoms with Crippen molar-refractivity contribution in [2.75, 3.05) is 0 Å². The molecular formula is C27H38F6O4. The SMILES string of the molecule is C=C1/C(=C\C=C2/CCCC3(C)C2CCC3C(C)C[C@H](O)CC(O)(C(F)(F)F)C(F)(F)F)C[C@@H](O)CC1O. The van der Waals surface area contributed by atoms with Gasteiger partial charge in [-0.1, -0.05) is 38.2 Å². The summed E-state index contributed by atoms with van der Waals surface area (Å²) in [5.74, 6) is -0.185. The van der Waals surface area contributed by atoms with Gasteiger partial charge in [-0.15, -0.1) is 0 Å². The first-order valence-electron chi connectivity index (χ1n) is 12.9. The number of rotatable bonds is 6. The largest absolute Gasteiger partial charge is 0.426 e. The van der Waals surface area contributed by atoms with Gasteiger partial charge >= 0.3 is 12.4 Å². The molecule has 5 unspecified atom stereocenters. The maximum atomic E-state index is 13.1. The third kappa shape index (κ3) is 5.97. The minimum Gasteiger partial charge on any atom is -0.393 e. The Morgan fingerprint density at radius 3 is 2.30 bits per heavy atom. The van der Waals surface area contributed by atoms with E-state index < -0.39 is 42.7 Å². The lowest BCUT2D eigenvalue weighted by molar-refractivity contribution is -0.374. The summed E-state index contributed by atoms with van der Waals surface area (Å²) in [4.78, 5) is 0. The quantitative estimate of drug-likeness (QED) is 0.323. The lowest BCUT2D eigenvalue weighted by Crippen LogP contribution is -2.58. The maximum absolute atomic E-state index is 13.1. The van der Waals surface area contributed by atoms with Crippen LogP contribution >= 0.6 is 0 Å². The van der Waals surface area contributed by atoms with Crippen molar-refractivity contribution < 1.29 is 46.8 Å². The molecule has 0 spiro atoms. The number of allylic oxidation sites excluding steroid dienone is 3. The molecule has 4 nitrogen and oxygen atoms in total. The number of aliphatic hydroxyl groups excluding tert-OH is 3. The van der Waals surface area contributed by atoms with Crippen molar-refractivity contribution >= 4 is 0 Å². The van der Waals surface area contributed by atoms with Gasteiger partial charge in [0.25, 0.3) is 5.60 Å². The number of hydrogen-bond acceptors (Lipinski definition) is 4. The van der Waals surface area contributed by atoms with Crippen LogP contribution in [0.3, 0.4) is 0 Å². The van der Waals surface area contributed by atoms with Crippen LogP contribution in [0.1, 0.15) is 71.6 Å². The van der Waals surface area contributed by atoms with Gasteiger partial charge in [-0.3, -0.25) is 0 Å². The summed E-state index contributed by atoms with van der Waals surface area (Å²) >= 11 is 0. The Morgan fingerprint density at radius 2 is 1.70 bits per heavy atom. The molecule has 0 radical (unpaired) electrons. The molecule has 10 heteroatoms. The molecule has 4 N–H and O–H groups in total. The average Bonchev–Trinajstić information content (AvgIpc) is 3.11. The summed E-state index contributed by atoms with van der Waals surface area (Å²) in [7, 11) is 0. The molecule has 3 saturated carbocycles. The van der Waals surface area contributed by atoms with Crippen LogP contribution in [0.5, 0.6) is 0 Å². The Bertz CT molecular complexity index is 894. The fourth-order valence-corrected chi connectivity index (χ4v) is 7.09. The number of alkyl halides is 6. The first-order chi connectivity index (χ1) is 16.9. The summed E-state index contributed by atoms with van der Waals surface area (Å²) in [5, 5.41) is 39.8. The van der Waals surface area contributed by atoms with Crippen LogP contribution in [-0.2, 0) is 0 Å². The Kier molecular flexibility index (Phi) is 8.70. The average molecular weight is 541 g/mol. The van der Waals surface area contributed by atoms with Crippen molar-refractivity contribution in [2.24, 2.45) is 23.2 Å². The second kappa shape index (κ2) is 10.7. The van der Waals surface area contributed by atoms with Gasteiger partial charge in [0.1, 0.15) is 0 Å². The molecule has 0 bridgehead atoms. The van der Waals surface area contributed by atoms with Gasteiger partial charge in [0.05, 0.1) is 18.3 Å². The molecule has 3 aliphatic carbocycles. The Hall–Kier alpha value is -1.36. The van der Waals surface area contributed by atoms with Crippen molar-refractivity contribution in [3.05, 3.63) is 35.5 Å². The van der Waals surface area contributed by atoms with Crippen LogP contribution in [0.4, 0.5) is 26.3 Å². The Labute approximate surface area is 213 Å². The molecule has 0 aliphatic heterocycles. The molecule has 0 aromatic carbocycles. The maximum Gasteiger partial charge on any atom is 0.426 e. The molecule has 212 valence electrons. The van der Waals surface area contributed by atoms with E-state index in [1.165, 1.54) is 5.57 Å². The van der Waals surface area contributed by atoms with E-state index in [1.54, 1.807) is 6.92 Å². The van der Waals surface area contributed by atoms with E-state index in [2.05, 4.69) is 13.5 Å². The summed E-state index contributed by atoms with van der Waals surface area (Å²) in [5.41, 5.74) is -2.61. The molecule has 0 amide bonds. The molecule has 3 rings (SSSR count). The predicted molar refractivity (Wildman–Crippen MR) is 126 cm³/mol. The van der Waals surface area contributed by atoms with Gasteiger partial charge in [0.15, 0.2) is 0 Å². The zero-order chi connectivity index (χ0) is 28.0. The molecule has 7 atom stereocenters. The number of hydrogen-bond donors (Lipinski definition) is 4.